The second kappa shape index (κ2) is 9.41. The fourth-order valence-corrected chi connectivity index (χ4v) is 3.38. The fourth-order valence-electron chi connectivity index (χ4n) is 3.38. The summed E-state index contributed by atoms with van der Waals surface area (Å²) in [5, 5.41) is 6.80. The minimum Gasteiger partial charge on any atom is -0.376 e. The molecule has 2 N–H and O–H groups in total. The van der Waals surface area contributed by atoms with Gasteiger partial charge in [0.1, 0.15) is 6.54 Å². The van der Waals surface area contributed by atoms with E-state index < -0.39 is 0 Å². The van der Waals surface area contributed by atoms with Crippen molar-refractivity contribution in [1.82, 2.24) is 15.5 Å². The maximum Gasteiger partial charge on any atom is 0.243 e. The van der Waals surface area contributed by atoms with Crippen molar-refractivity contribution < 1.29 is 9.53 Å². The van der Waals surface area contributed by atoms with Crippen molar-refractivity contribution in [2.24, 2.45) is 16.3 Å². The minimum atomic E-state index is 0.0117. The number of guanidine groups is 1. The van der Waals surface area contributed by atoms with Crippen LogP contribution >= 0.6 is 0 Å². The van der Waals surface area contributed by atoms with E-state index in [9.17, 15) is 4.79 Å². The summed E-state index contributed by atoms with van der Waals surface area (Å²) >= 11 is 0. The highest BCUT2D eigenvalue weighted by atomic mass is 16.5. The Morgan fingerprint density at radius 2 is 1.84 bits per heavy atom. The van der Waals surface area contributed by atoms with Crippen LogP contribution in [0.2, 0.25) is 0 Å². The molecule has 1 saturated heterocycles. The van der Waals surface area contributed by atoms with E-state index in [4.69, 9.17) is 4.74 Å². The van der Waals surface area contributed by atoms with Gasteiger partial charge in [0.05, 0.1) is 6.10 Å². The molecule has 1 aliphatic heterocycles. The van der Waals surface area contributed by atoms with Crippen LogP contribution in [0.15, 0.2) is 4.99 Å². The number of likely N-dealkylation sites (N-methyl/N-ethyl adjacent to an activating group) is 1. The summed E-state index contributed by atoms with van der Waals surface area (Å²) in [5.74, 6) is 1.43. The lowest BCUT2D eigenvalue weighted by Gasteiger charge is -2.34. The molecular weight excluding hydrogens is 316 g/mol. The van der Waals surface area contributed by atoms with Gasteiger partial charge in [-0.1, -0.05) is 13.8 Å². The monoisotopic (exact) mass is 352 g/mol. The Balaban J connectivity index is 1.82. The van der Waals surface area contributed by atoms with Gasteiger partial charge in [0.15, 0.2) is 5.96 Å². The molecule has 2 rings (SSSR count). The number of nitrogens with one attached hydrogen (secondary N) is 2. The van der Waals surface area contributed by atoms with E-state index in [1.165, 1.54) is 25.7 Å². The second-order valence-corrected chi connectivity index (χ2v) is 8.46. The second-order valence-electron chi connectivity index (χ2n) is 8.46. The lowest BCUT2D eigenvalue weighted by Crippen LogP contribution is -2.44. The van der Waals surface area contributed by atoms with Gasteiger partial charge in [0.2, 0.25) is 5.91 Å². The largest absolute Gasteiger partial charge is 0.376 e. The number of carbonyl (C=O) groups excluding carboxylic acids is 1. The van der Waals surface area contributed by atoms with Crippen molar-refractivity contribution in [1.29, 1.82) is 0 Å². The van der Waals surface area contributed by atoms with Crippen LogP contribution in [0.25, 0.3) is 0 Å². The van der Waals surface area contributed by atoms with E-state index in [-0.39, 0.29) is 18.6 Å². The third-order valence-corrected chi connectivity index (χ3v) is 5.41. The first kappa shape index (κ1) is 20.0. The molecule has 1 unspecified atom stereocenters. The van der Waals surface area contributed by atoms with E-state index in [2.05, 4.69) is 29.5 Å². The third kappa shape index (κ3) is 7.22. The predicted octanol–water partition coefficient (Wildman–Crippen LogP) is 2.01. The Labute approximate surface area is 152 Å². The normalized spacial score (nSPS) is 24.2. The molecule has 1 aliphatic carbocycles. The van der Waals surface area contributed by atoms with E-state index in [1.54, 1.807) is 19.0 Å². The molecule has 1 atom stereocenters. The molecule has 144 valence electrons. The number of hydrogen-bond acceptors (Lipinski definition) is 3. The average Bonchev–Trinajstić information content (AvgIpc) is 3.08. The van der Waals surface area contributed by atoms with Crippen LogP contribution in [0.1, 0.15) is 52.4 Å². The zero-order valence-corrected chi connectivity index (χ0v) is 16.4. The van der Waals surface area contributed by atoms with Gasteiger partial charge in [0, 0.05) is 33.8 Å². The molecule has 1 saturated carbocycles. The summed E-state index contributed by atoms with van der Waals surface area (Å²) in [6, 6.07) is 0. The summed E-state index contributed by atoms with van der Waals surface area (Å²) < 4.78 is 5.66. The van der Waals surface area contributed by atoms with Crippen molar-refractivity contribution in [2.75, 3.05) is 40.3 Å². The van der Waals surface area contributed by atoms with Crippen LogP contribution in [0.5, 0.6) is 0 Å². The van der Waals surface area contributed by atoms with E-state index in [0.29, 0.717) is 11.3 Å². The van der Waals surface area contributed by atoms with Crippen molar-refractivity contribution in [3.63, 3.8) is 0 Å². The van der Waals surface area contributed by atoms with Crippen LogP contribution in [-0.2, 0) is 9.53 Å². The molecule has 0 bridgehead atoms. The lowest BCUT2D eigenvalue weighted by molar-refractivity contribution is -0.127. The molecule has 6 heteroatoms. The third-order valence-electron chi connectivity index (χ3n) is 5.41. The molecular formula is C19H36N4O2. The van der Waals surface area contributed by atoms with Crippen LogP contribution in [0.4, 0.5) is 0 Å². The van der Waals surface area contributed by atoms with Gasteiger partial charge in [-0.2, -0.15) is 0 Å². The van der Waals surface area contributed by atoms with Crippen LogP contribution in [0, 0.1) is 11.3 Å². The van der Waals surface area contributed by atoms with Gasteiger partial charge in [-0.15, -0.1) is 0 Å². The first-order valence-electron chi connectivity index (χ1n) is 9.70. The summed E-state index contributed by atoms with van der Waals surface area (Å²) in [7, 11) is 3.52. The maximum atomic E-state index is 11.8. The Morgan fingerprint density at radius 3 is 2.44 bits per heavy atom. The van der Waals surface area contributed by atoms with Crippen molar-refractivity contribution in [3.8, 4) is 0 Å². The maximum absolute atomic E-state index is 11.8. The molecule has 25 heavy (non-hydrogen) atoms. The molecule has 0 aromatic rings. The standard InChI is InChI=1S/C19H36N4O2/c1-19(2)9-7-15(8-10-19)12-20-18(22-14-17(24)23(3)4)21-13-16-6-5-11-25-16/h15-16H,5-14H2,1-4H3,(H2,20,21,22). The van der Waals surface area contributed by atoms with Gasteiger partial charge in [-0.25, -0.2) is 4.99 Å². The zero-order chi connectivity index (χ0) is 18.3. The zero-order valence-electron chi connectivity index (χ0n) is 16.4. The highest BCUT2D eigenvalue weighted by molar-refractivity contribution is 5.84. The quantitative estimate of drug-likeness (QED) is 0.567. The molecule has 2 fully saturated rings. The molecule has 0 aromatic heterocycles. The van der Waals surface area contributed by atoms with Gasteiger partial charge in [-0.3, -0.25) is 4.79 Å². The van der Waals surface area contributed by atoms with E-state index in [0.717, 1.165) is 38.5 Å². The highest BCUT2D eigenvalue weighted by Gasteiger charge is 2.26. The van der Waals surface area contributed by atoms with Crippen LogP contribution < -0.4 is 10.6 Å². The molecule has 1 amide bonds. The van der Waals surface area contributed by atoms with Gasteiger partial charge in [0.25, 0.3) is 0 Å². The molecule has 0 aromatic carbocycles. The first-order valence-corrected chi connectivity index (χ1v) is 9.70. The molecule has 6 nitrogen and oxygen atoms in total. The van der Waals surface area contributed by atoms with Crippen molar-refractivity contribution >= 4 is 11.9 Å². The summed E-state index contributed by atoms with van der Waals surface area (Å²) in [6.07, 6.45) is 7.57. The van der Waals surface area contributed by atoms with Crippen LogP contribution in [-0.4, -0.2) is 63.2 Å². The smallest absolute Gasteiger partial charge is 0.243 e. The number of carbonyl (C=O) groups is 1. The first-order chi connectivity index (χ1) is 11.9. The van der Waals surface area contributed by atoms with Gasteiger partial charge >= 0.3 is 0 Å². The van der Waals surface area contributed by atoms with Gasteiger partial charge in [-0.05, 0) is 49.9 Å². The Bertz CT molecular complexity index is 446. The Hall–Kier alpha value is -1.30. The van der Waals surface area contributed by atoms with Crippen molar-refractivity contribution in [2.45, 2.75) is 58.5 Å². The van der Waals surface area contributed by atoms with Crippen molar-refractivity contribution in [3.05, 3.63) is 0 Å². The summed E-state index contributed by atoms with van der Waals surface area (Å²) in [5.41, 5.74) is 0.490. The molecule has 0 spiro atoms. The average molecular weight is 353 g/mol. The van der Waals surface area contributed by atoms with Crippen LogP contribution in [0.3, 0.4) is 0 Å². The summed E-state index contributed by atoms with van der Waals surface area (Å²) in [6.45, 7) is 7.41. The Morgan fingerprint density at radius 1 is 1.16 bits per heavy atom. The topological polar surface area (TPSA) is 66.0 Å². The lowest BCUT2D eigenvalue weighted by atomic mass is 9.73. The molecule has 0 radical (unpaired) electrons. The molecule has 1 heterocycles. The highest BCUT2D eigenvalue weighted by Crippen LogP contribution is 2.37. The number of aliphatic imine (C=N–C) groups is 1. The Kier molecular flexibility index (Phi) is 7.54. The minimum absolute atomic E-state index is 0.0117. The number of amides is 1. The predicted molar refractivity (Wildman–Crippen MR) is 102 cm³/mol. The van der Waals surface area contributed by atoms with E-state index in [1.807, 2.05) is 0 Å². The number of hydrogen-bond donors (Lipinski definition) is 2. The SMILES string of the molecule is CN(C)C(=O)CN=C(NCC1CCC(C)(C)CC1)NCC1CCCO1. The number of ether oxygens (including phenoxy) is 1. The number of rotatable bonds is 6. The van der Waals surface area contributed by atoms with Gasteiger partial charge < -0.3 is 20.3 Å². The summed E-state index contributed by atoms with van der Waals surface area (Å²) in [4.78, 5) is 17.9. The van der Waals surface area contributed by atoms with E-state index >= 15 is 0 Å². The fraction of sp³-hybridized carbons (Fsp3) is 0.895. The molecule has 2 aliphatic rings. The number of nitrogens with zero attached hydrogens (tertiary/aromatic N) is 2.